The highest BCUT2D eigenvalue weighted by molar-refractivity contribution is 8.01. The highest BCUT2D eigenvalue weighted by atomic mass is 32.2. The Labute approximate surface area is 129 Å². The Kier molecular flexibility index (Phi) is 5.46. The molecule has 2 aromatic rings. The van der Waals surface area contributed by atoms with Crippen molar-refractivity contribution in [2.24, 2.45) is 5.73 Å². The van der Waals surface area contributed by atoms with Crippen LogP contribution in [0.1, 0.15) is 22.8 Å². The summed E-state index contributed by atoms with van der Waals surface area (Å²) in [5.41, 5.74) is 8.99. The Bertz CT molecular complexity index is 617. The van der Waals surface area contributed by atoms with Gasteiger partial charge in [-0.25, -0.2) is 0 Å². The quantitative estimate of drug-likeness (QED) is 0.877. The maximum atomic E-state index is 12.1. The monoisotopic (exact) mass is 298 g/mol. The van der Waals surface area contributed by atoms with Crippen molar-refractivity contribution >= 4 is 23.4 Å². The summed E-state index contributed by atoms with van der Waals surface area (Å²) in [6, 6.07) is 17.0. The molecule has 21 heavy (non-hydrogen) atoms. The molecule has 1 amide bonds. The fraction of sp³-hybridized carbons (Fsp3) is 0.118. The lowest BCUT2D eigenvalue weighted by Gasteiger charge is -2.06. The van der Waals surface area contributed by atoms with Crippen LogP contribution in [-0.2, 0) is 5.75 Å². The molecular formula is C17H18N2OS. The zero-order valence-corrected chi connectivity index (χ0v) is 12.7. The van der Waals surface area contributed by atoms with Gasteiger partial charge in [0.25, 0.3) is 5.91 Å². The third-order valence-corrected chi connectivity index (χ3v) is 3.81. The topological polar surface area (TPSA) is 55.1 Å². The maximum Gasteiger partial charge on any atom is 0.255 e. The smallest absolute Gasteiger partial charge is 0.255 e. The molecule has 0 heterocycles. The molecule has 0 bridgehead atoms. The fourth-order valence-corrected chi connectivity index (χ4v) is 2.48. The van der Waals surface area contributed by atoms with Crippen LogP contribution in [0.25, 0.3) is 0 Å². The van der Waals surface area contributed by atoms with Crippen LogP contribution in [0.15, 0.2) is 65.7 Å². The van der Waals surface area contributed by atoms with Crippen molar-refractivity contribution in [3.05, 3.63) is 76.8 Å². The van der Waals surface area contributed by atoms with Crippen LogP contribution in [0.4, 0.5) is 5.69 Å². The molecule has 3 N–H and O–H groups in total. The van der Waals surface area contributed by atoms with E-state index < -0.39 is 0 Å². The highest BCUT2D eigenvalue weighted by Crippen LogP contribution is 2.15. The predicted octanol–water partition coefficient (Wildman–Crippen LogP) is 3.99. The molecular weight excluding hydrogens is 280 g/mol. The van der Waals surface area contributed by atoms with Crippen LogP contribution in [0.2, 0.25) is 0 Å². The van der Waals surface area contributed by atoms with Crippen molar-refractivity contribution in [2.75, 3.05) is 5.32 Å². The minimum atomic E-state index is -0.0990. The third kappa shape index (κ3) is 5.00. The molecule has 0 aromatic heterocycles. The number of hydrogen-bond donors (Lipinski definition) is 2. The molecule has 3 nitrogen and oxygen atoms in total. The van der Waals surface area contributed by atoms with E-state index in [0.29, 0.717) is 5.56 Å². The van der Waals surface area contributed by atoms with Gasteiger partial charge in [0.15, 0.2) is 0 Å². The number of nitrogens with one attached hydrogen (secondary N) is 1. The van der Waals surface area contributed by atoms with E-state index in [2.05, 4.69) is 5.32 Å². The van der Waals surface area contributed by atoms with Gasteiger partial charge < -0.3 is 11.1 Å². The molecule has 0 aliphatic carbocycles. The fourth-order valence-electron chi connectivity index (χ4n) is 1.75. The van der Waals surface area contributed by atoms with Crippen molar-refractivity contribution < 1.29 is 4.79 Å². The molecule has 0 saturated heterocycles. The first-order valence-electron chi connectivity index (χ1n) is 6.64. The van der Waals surface area contributed by atoms with Crippen LogP contribution < -0.4 is 11.1 Å². The Balaban J connectivity index is 1.95. The Hall–Kier alpha value is -2.20. The number of amides is 1. The number of carbonyl (C=O) groups excluding carboxylic acids is 1. The number of nitrogens with two attached hydrogens (primary N) is 1. The zero-order valence-electron chi connectivity index (χ0n) is 11.9. The molecule has 2 rings (SSSR count). The number of hydrogen-bond acceptors (Lipinski definition) is 3. The van der Waals surface area contributed by atoms with Gasteiger partial charge in [-0.15, -0.1) is 11.8 Å². The number of carbonyl (C=O) groups is 1. The molecule has 0 unspecified atom stereocenters. The van der Waals surface area contributed by atoms with Gasteiger partial charge in [0.05, 0.1) is 0 Å². The summed E-state index contributed by atoms with van der Waals surface area (Å²) in [6.07, 6.45) is 0. The van der Waals surface area contributed by atoms with Gasteiger partial charge in [-0.3, -0.25) is 4.79 Å². The van der Waals surface area contributed by atoms with Crippen molar-refractivity contribution in [1.82, 2.24) is 0 Å². The summed E-state index contributed by atoms with van der Waals surface area (Å²) in [5.74, 6) is 0.743. The van der Waals surface area contributed by atoms with E-state index in [9.17, 15) is 4.79 Å². The number of thioether (sulfide) groups is 1. The van der Waals surface area contributed by atoms with E-state index in [0.717, 1.165) is 22.7 Å². The zero-order chi connectivity index (χ0) is 15.1. The van der Waals surface area contributed by atoms with Gasteiger partial charge in [-0.2, -0.15) is 0 Å². The van der Waals surface area contributed by atoms with Crippen LogP contribution in [0, 0.1) is 0 Å². The lowest BCUT2D eigenvalue weighted by Crippen LogP contribution is -2.11. The standard InChI is InChI=1S/C17H18N2OS/c1-13(18)11-21-12-14-7-9-15(10-8-14)17(20)19-16-5-3-2-4-6-16/h2-11H,12,18H2,1H3,(H,19,20)/b13-11-. The van der Waals surface area contributed by atoms with Gasteiger partial charge in [0.1, 0.15) is 0 Å². The molecule has 4 heteroatoms. The lowest BCUT2D eigenvalue weighted by atomic mass is 10.1. The minimum Gasteiger partial charge on any atom is -0.402 e. The summed E-state index contributed by atoms with van der Waals surface area (Å²) in [6.45, 7) is 1.87. The van der Waals surface area contributed by atoms with Gasteiger partial charge >= 0.3 is 0 Å². The molecule has 108 valence electrons. The van der Waals surface area contributed by atoms with Crippen molar-refractivity contribution in [1.29, 1.82) is 0 Å². The number of allylic oxidation sites excluding steroid dienone is 1. The predicted molar refractivity (Wildman–Crippen MR) is 90.1 cm³/mol. The highest BCUT2D eigenvalue weighted by Gasteiger charge is 2.05. The molecule has 0 saturated carbocycles. The third-order valence-electron chi connectivity index (χ3n) is 2.77. The maximum absolute atomic E-state index is 12.1. The molecule has 0 atom stereocenters. The number of anilines is 1. The second-order valence-electron chi connectivity index (χ2n) is 4.69. The van der Waals surface area contributed by atoms with Crippen molar-refractivity contribution in [2.45, 2.75) is 12.7 Å². The van der Waals surface area contributed by atoms with Crippen molar-refractivity contribution in [3.8, 4) is 0 Å². The normalized spacial score (nSPS) is 11.2. The van der Waals surface area contributed by atoms with E-state index in [4.69, 9.17) is 5.73 Å². The summed E-state index contributed by atoms with van der Waals surface area (Å²) in [5, 5.41) is 4.79. The summed E-state index contributed by atoms with van der Waals surface area (Å²) < 4.78 is 0. The first-order valence-corrected chi connectivity index (χ1v) is 7.69. The Morgan fingerprint density at radius 2 is 1.81 bits per heavy atom. The SMILES string of the molecule is C/C(N)=C/SCc1ccc(C(=O)Nc2ccccc2)cc1. The van der Waals surface area contributed by atoms with Gasteiger partial charge in [0, 0.05) is 22.7 Å². The first kappa shape index (κ1) is 15.2. The van der Waals surface area contributed by atoms with Crippen LogP contribution in [-0.4, -0.2) is 5.91 Å². The molecule has 2 aromatic carbocycles. The first-order chi connectivity index (χ1) is 10.1. The average molecular weight is 298 g/mol. The van der Waals surface area contributed by atoms with E-state index in [1.165, 1.54) is 0 Å². The largest absolute Gasteiger partial charge is 0.402 e. The molecule has 0 radical (unpaired) electrons. The van der Waals surface area contributed by atoms with Gasteiger partial charge in [-0.1, -0.05) is 30.3 Å². The molecule has 0 aliphatic rings. The second-order valence-corrected chi connectivity index (χ2v) is 5.55. The van der Waals surface area contributed by atoms with E-state index in [1.54, 1.807) is 11.8 Å². The molecule has 0 aliphatic heterocycles. The lowest BCUT2D eigenvalue weighted by molar-refractivity contribution is 0.102. The number of rotatable bonds is 5. The van der Waals surface area contributed by atoms with Gasteiger partial charge in [-0.05, 0) is 42.2 Å². The Morgan fingerprint density at radius 3 is 2.43 bits per heavy atom. The second kappa shape index (κ2) is 7.55. The van der Waals surface area contributed by atoms with E-state index in [1.807, 2.05) is 66.9 Å². The summed E-state index contributed by atoms with van der Waals surface area (Å²) in [4.78, 5) is 12.1. The van der Waals surface area contributed by atoms with E-state index >= 15 is 0 Å². The van der Waals surface area contributed by atoms with Gasteiger partial charge in [0.2, 0.25) is 0 Å². The minimum absolute atomic E-state index is 0.0990. The number of benzene rings is 2. The number of para-hydroxylation sites is 1. The Morgan fingerprint density at radius 1 is 1.14 bits per heavy atom. The average Bonchev–Trinajstić information content (AvgIpc) is 2.48. The summed E-state index contributed by atoms with van der Waals surface area (Å²) >= 11 is 1.64. The van der Waals surface area contributed by atoms with Crippen LogP contribution in [0.3, 0.4) is 0 Å². The molecule has 0 fully saturated rings. The van der Waals surface area contributed by atoms with Crippen LogP contribution in [0.5, 0.6) is 0 Å². The van der Waals surface area contributed by atoms with E-state index in [-0.39, 0.29) is 5.91 Å². The summed E-state index contributed by atoms with van der Waals surface area (Å²) in [7, 11) is 0. The van der Waals surface area contributed by atoms with Crippen molar-refractivity contribution in [3.63, 3.8) is 0 Å². The van der Waals surface area contributed by atoms with Crippen LogP contribution >= 0.6 is 11.8 Å². The molecule has 0 spiro atoms.